The molecule has 1 aliphatic heterocycles. The number of hydrogen-bond acceptors (Lipinski definition) is 5. The molecule has 120 valence electrons. The maximum Gasteiger partial charge on any atom is 0.326 e. The SMILES string of the molecule is CC1CS(=O)(=O)CCN1C(=O)N[C@@H](CCC(=O)O)C(=O)O. The lowest BCUT2D eigenvalue weighted by molar-refractivity contribution is -0.140. The summed E-state index contributed by atoms with van der Waals surface area (Å²) in [5, 5.41) is 19.7. The predicted molar refractivity (Wildman–Crippen MR) is 71.6 cm³/mol. The fourth-order valence-corrected chi connectivity index (χ4v) is 3.61. The van der Waals surface area contributed by atoms with E-state index in [1.165, 1.54) is 4.90 Å². The van der Waals surface area contributed by atoms with Crippen molar-refractivity contribution in [1.29, 1.82) is 0 Å². The second-order valence-corrected chi connectivity index (χ2v) is 7.16. The molecule has 0 saturated carbocycles. The Morgan fingerprint density at radius 3 is 2.43 bits per heavy atom. The second-order valence-electron chi connectivity index (χ2n) is 4.93. The standard InChI is InChI=1S/C11H18N2O7S/c1-7-6-21(19,20)5-4-13(7)11(18)12-8(10(16)17)2-3-9(14)15/h7-8H,2-6H2,1H3,(H,12,18)(H,14,15)(H,16,17)/t7?,8-/m0/s1. The van der Waals surface area contributed by atoms with Crippen LogP contribution in [0, 0.1) is 0 Å². The average Bonchev–Trinajstić information content (AvgIpc) is 2.32. The van der Waals surface area contributed by atoms with Gasteiger partial charge in [-0.15, -0.1) is 0 Å². The van der Waals surface area contributed by atoms with Crippen molar-refractivity contribution < 1.29 is 33.0 Å². The first-order valence-corrected chi connectivity index (χ1v) is 8.16. The van der Waals surface area contributed by atoms with Crippen LogP contribution in [-0.2, 0) is 19.4 Å². The molecule has 1 fully saturated rings. The molecule has 21 heavy (non-hydrogen) atoms. The van der Waals surface area contributed by atoms with Gasteiger partial charge >= 0.3 is 18.0 Å². The van der Waals surface area contributed by atoms with Crippen molar-refractivity contribution in [3.05, 3.63) is 0 Å². The van der Waals surface area contributed by atoms with Gasteiger partial charge in [-0.05, 0) is 13.3 Å². The Labute approximate surface area is 121 Å². The number of urea groups is 1. The summed E-state index contributed by atoms with van der Waals surface area (Å²) in [6.45, 7) is 1.55. The summed E-state index contributed by atoms with van der Waals surface area (Å²) in [6, 6.07) is -2.58. The predicted octanol–water partition coefficient (Wildman–Crippen LogP) is -0.867. The molecule has 1 rings (SSSR count). The molecule has 1 heterocycles. The second kappa shape index (κ2) is 6.74. The Morgan fingerprint density at radius 1 is 1.33 bits per heavy atom. The van der Waals surface area contributed by atoms with Gasteiger partial charge in [0.1, 0.15) is 6.04 Å². The van der Waals surface area contributed by atoms with Gasteiger partial charge in [-0.1, -0.05) is 0 Å². The highest BCUT2D eigenvalue weighted by molar-refractivity contribution is 7.91. The highest BCUT2D eigenvalue weighted by Gasteiger charge is 2.33. The third-order valence-corrected chi connectivity index (χ3v) is 4.97. The molecular weight excluding hydrogens is 304 g/mol. The van der Waals surface area contributed by atoms with Crippen LogP contribution in [-0.4, -0.2) is 71.6 Å². The Hall–Kier alpha value is -1.84. The van der Waals surface area contributed by atoms with Gasteiger partial charge in [0.15, 0.2) is 9.84 Å². The van der Waals surface area contributed by atoms with Crippen LogP contribution >= 0.6 is 0 Å². The topological polar surface area (TPSA) is 141 Å². The van der Waals surface area contributed by atoms with Crippen molar-refractivity contribution in [1.82, 2.24) is 10.2 Å². The van der Waals surface area contributed by atoms with Crippen molar-refractivity contribution in [2.24, 2.45) is 0 Å². The van der Waals surface area contributed by atoms with Crippen LogP contribution < -0.4 is 5.32 Å². The molecule has 1 aliphatic rings. The van der Waals surface area contributed by atoms with Crippen LogP contribution in [0.4, 0.5) is 4.79 Å². The van der Waals surface area contributed by atoms with Crippen LogP contribution in [0.25, 0.3) is 0 Å². The third kappa shape index (κ3) is 5.21. The van der Waals surface area contributed by atoms with E-state index in [4.69, 9.17) is 10.2 Å². The molecule has 1 saturated heterocycles. The van der Waals surface area contributed by atoms with Gasteiger partial charge in [0.25, 0.3) is 0 Å². The third-order valence-electron chi connectivity index (χ3n) is 3.17. The molecule has 0 radical (unpaired) electrons. The molecule has 9 nitrogen and oxygen atoms in total. The van der Waals surface area contributed by atoms with Gasteiger partial charge in [-0.3, -0.25) is 4.79 Å². The molecule has 3 N–H and O–H groups in total. The average molecular weight is 322 g/mol. The normalized spacial score (nSPS) is 22.3. The summed E-state index contributed by atoms with van der Waals surface area (Å²) in [5.41, 5.74) is 0. The van der Waals surface area contributed by atoms with Crippen LogP contribution in [0.5, 0.6) is 0 Å². The number of amides is 2. The molecule has 2 atom stereocenters. The Morgan fingerprint density at radius 2 is 1.95 bits per heavy atom. The summed E-state index contributed by atoms with van der Waals surface area (Å²) in [4.78, 5) is 34.7. The number of carbonyl (C=O) groups excluding carboxylic acids is 1. The van der Waals surface area contributed by atoms with E-state index in [-0.39, 0.29) is 30.9 Å². The molecular formula is C11H18N2O7S. The van der Waals surface area contributed by atoms with E-state index in [0.717, 1.165) is 0 Å². The lowest BCUT2D eigenvalue weighted by atomic mass is 10.1. The van der Waals surface area contributed by atoms with E-state index >= 15 is 0 Å². The molecule has 0 bridgehead atoms. The number of carboxylic acid groups (broad SMARTS) is 2. The lowest BCUT2D eigenvalue weighted by Crippen LogP contribution is -2.56. The summed E-state index contributed by atoms with van der Waals surface area (Å²) in [5.74, 6) is -2.83. The lowest BCUT2D eigenvalue weighted by Gasteiger charge is -2.33. The fourth-order valence-electron chi connectivity index (χ4n) is 2.06. The molecule has 0 aromatic rings. The van der Waals surface area contributed by atoms with E-state index in [9.17, 15) is 22.8 Å². The minimum atomic E-state index is -3.18. The number of hydrogen-bond donors (Lipinski definition) is 3. The van der Waals surface area contributed by atoms with Gasteiger partial charge in [0, 0.05) is 19.0 Å². The minimum absolute atomic E-state index is 0.0133. The number of carbonyl (C=O) groups is 3. The van der Waals surface area contributed by atoms with Crippen molar-refractivity contribution in [2.45, 2.75) is 31.8 Å². The molecule has 10 heteroatoms. The molecule has 0 spiro atoms. The molecule has 1 unspecified atom stereocenters. The molecule has 0 aliphatic carbocycles. The van der Waals surface area contributed by atoms with E-state index in [2.05, 4.69) is 5.32 Å². The maximum absolute atomic E-state index is 12.0. The van der Waals surface area contributed by atoms with Gasteiger partial charge in [0.2, 0.25) is 0 Å². The molecule has 2 amide bonds. The Bertz CT molecular complexity index is 531. The first kappa shape index (κ1) is 17.2. The molecule has 0 aromatic carbocycles. The van der Waals surface area contributed by atoms with Gasteiger partial charge in [-0.2, -0.15) is 0 Å². The molecule has 0 aromatic heterocycles. The highest BCUT2D eigenvalue weighted by Crippen LogP contribution is 2.12. The van der Waals surface area contributed by atoms with Crippen LogP contribution in [0.1, 0.15) is 19.8 Å². The maximum atomic E-state index is 12.0. The number of nitrogens with one attached hydrogen (secondary N) is 1. The van der Waals surface area contributed by atoms with Crippen LogP contribution in [0.2, 0.25) is 0 Å². The monoisotopic (exact) mass is 322 g/mol. The van der Waals surface area contributed by atoms with Gasteiger partial charge < -0.3 is 20.4 Å². The van der Waals surface area contributed by atoms with Crippen molar-refractivity contribution >= 4 is 27.8 Å². The zero-order valence-electron chi connectivity index (χ0n) is 11.5. The van der Waals surface area contributed by atoms with Crippen molar-refractivity contribution in [3.8, 4) is 0 Å². The number of aliphatic carboxylic acids is 2. The smallest absolute Gasteiger partial charge is 0.326 e. The zero-order valence-corrected chi connectivity index (χ0v) is 12.3. The zero-order chi connectivity index (χ0) is 16.2. The number of nitrogens with zero attached hydrogens (tertiary/aromatic N) is 1. The van der Waals surface area contributed by atoms with Gasteiger partial charge in [-0.25, -0.2) is 18.0 Å². The quantitative estimate of drug-likeness (QED) is 0.597. The minimum Gasteiger partial charge on any atom is -0.481 e. The summed E-state index contributed by atoms with van der Waals surface area (Å²) in [7, 11) is -3.18. The van der Waals surface area contributed by atoms with Gasteiger partial charge in [0.05, 0.1) is 11.5 Å². The van der Waals surface area contributed by atoms with Crippen molar-refractivity contribution in [3.63, 3.8) is 0 Å². The first-order valence-electron chi connectivity index (χ1n) is 6.34. The Kier molecular flexibility index (Phi) is 5.53. The first-order chi connectivity index (χ1) is 9.62. The van der Waals surface area contributed by atoms with E-state index < -0.39 is 39.9 Å². The summed E-state index contributed by atoms with van der Waals surface area (Å²) < 4.78 is 22.8. The Balaban J connectivity index is 2.65. The van der Waals surface area contributed by atoms with Crippen LogP contribution in [0.3, 0.4) is 0 Å². The largest absolute Gasteiger partial charge is 0.481 e. The number of carboxylic acids is 2. The summed E-state index contributed by atoms with van der Waals surface area (Å²) >= 11 is 0. The van der Waals surface area contributed by atoms with E-state index in [1.54, 1.807) is 6.92 Å². The van der Waals surface area contributed by atoms with E-state index in [0.29, 0.717) is 0 Å². The van der Waals surface area contributed by atoms with Crippen LogP contribution in [0.15, 0.2) is 0 Å². The highest BCUT2D eigenvalue weighted by atomic mass is 32.2. The van der Waals surface area contributed by atoms with Crippen molar-refractivity contribution in [2.75, 3.05) is 18.1 Å². The number of sulfone groups is 1. The summed E-state index contributed by atoms with van der Waals surface area (Å²) in [6.07, 6.45) is -0.627. The number of rotatable bonds is 5. The fraction of sp³-hybridized carbons (Fsp3) is 0.727. The van der Waals surface area contributed by atoms with E-state index in [1.807, 2.05) is 0 Å².